The molecule has 0 aromatic heterocycles. The average molecular weight is 505 g/mol. The molecule has 3 heteroatoms. The Balaban J connectivity index is 1.66. The summed E-state index contributed by atoms with van der Waals surface area (Å²) in [5, 5.41) is 7.50. The highest BCUT2D eigenvalue weighted by Crippen LogP contribution is 2.38. The second-order valence-corrected chi connectivity index (χ2v) is 17.6. The average Bonchev–Trinajstić information content (AvgIpc) is 2.96. The lowest BCUT2D eigenvalue weighted by Crippen LogP contribution is -2.64. The van der Waals surface area contributed by atoms with Crippen LogP contribution >= 0.6 is 16.5 Å². The highest BCUT2D eigenvalue weighted by Gasteiger charge is 2.39. The van der Waals surface area contributed by atoms with Crippen molar-refractivity contribution < 1.29 is 0 Å². The lowest BCUT2D eigenvalue weighted by Gasteiger charge is -2.37. The minimum absolute atomic E-state index is 0.500. The summed E-state index contributed by atoms with van der Waals surface area (Å²) in [4.78, 5) is 0. The summed E-state index contributed by atoms with van der Waals surface area (Å²) in [5.74, 6) is 2.44. The van der Waals surface area contributed by atoms with E-state index in [2.05, 4.69) is 152 Å². The Labute approximate surface area is 213 Å². The molecule has 0 bridgehead atoms. The molecular formula is C32H30P2Si. The molecule has 0 amide bonds. The van der Waals surface area contributed by atoms with Gasteiger partial charge in [-0.3, -0.25) is 0 Å². The SMILES string of the molecule is c1ccc(PC[Si](CP(c2ccccc2)c2ccccc2)(c2ccccc2)c2ccccc2)cc1. The van der Waals surface area contributed by atoms with Crippen LogP contribution in [0.1, 0.15) is 0 Å². The maximum Gasteiger partial charge on any atom is 0.127 e. The fourth-order valence-electron chi connectivity index (χ4n) is 4.75. The molecule has 0 N–H and O–H groups in total. The Hall–Kier alpha value is -2.82. The minimum atomic E-state index is -2.12. The van der Waals surface area contributed by atoms with Gasteiger partial charge in [0.25, 0.3) is 0 Å². The van der Waals surface area contributed by atoms with Crippen LogP contribution in [0.5, 0.6) is 0 Å². The van der Waals surface area contributed by atoms with E-state index in [1.165, 1.54) is 27.5 Å². The number of hydrogen-bond donors (Lipinski definition) is 0. The molecule has 0 aliphatic rings. The summed E-state index contributed by atoms with van der Waals surface area (Å²) >= 11 is 0. The molecule has 0 nitrogen and oxygen atoms in total. The molecule has 5 rings (SSSR count). The molecule has 0 radical (unpaired) electrons. The lowest BCUT2D eigenvalue weighted by molar-refractivity contribution is 1.63. The Bertz CT molecular complexity index is 1220. The molecule has 35 heavy (non-hydrogen) atoms. The summed E-state index contributed by atoms with van der Waals surface area (Å²) < 4.78 is 0. The molecule has 0 saturated carbocycles. The fourth-order valence-corrected chi connectivity index (χ4v) is 18.7. The van der Waals surface area contributed by atoms with Gasteiger partial charge in [-0.15, -0.1) is 0 Å². The normalized spacial score (nSPS) is 11.8. The third-order valence-corrected chi connectivity index (χ3v) is 18.6. The van der Waals surface area contributed by atoms with Crippen LogP contribution in [0.15, 0.2) is 152 Å². The summed E-state index contributed by atoms with van der Waals surface area (Å²) in [6.07, 6.45) is 0. The van der Waals surface area contributed by atoms with Gasteiger partial charge in [-0.25, -0.2) is 0 Å². The van der Waals surface area contributed by atoms with Gasteiger partial charge in [0, 0.05) is 0 Å². The first-order valence-electron chi connectivity index (χ1n) is 12.1. The predicted octanol–water partition coefficient (Wildman–Crippen LogP) is 5.46. The van der Waals surface area contributed by atoms with E-state index in [-0.39, 0.29) is 0 Å². The van der Waals surface area contributed by atoms with Crippen LogP contribution in [0.2, 0.25) is 0 Å². The molecule has 0 aliphatic carbocycles. The molecule has 0 spiro atoms. The summed E-state index contributed by atoms with van der Waals surface area (Å²) in [6, 6.07) is 56.4. The summed E-state index contributed by atoms with van der Waals surface area (Å²) in [7, 11) is -1.82. The van der Waals surface area contributed by atoms with Gasteiger partial charge in [0.2, 0.25) is 0 Å². The molecule has 0 fully saturated rings. The van der Waals surface area contributed by atoms with E-state index >= 15 is 0 Å². The number of hydrogen-bond acceptors (Lipinski definition) is 0. The van der Waals surface area contributed by atoms with E-state index in [1.54, 1.807) is 10.4 Å². The van der Waals surface area contributed by atoms with Crippen molar-refractivity contribution in [1.29, 1.82) is 0 Å². The van der Waals surface area contributed by atoms with Crippen molar-refractivity contribution in [2.75, 3.05) is 11.6 Å². The van der Waals surface area contributed by atoms with Gasteiger partial charge in [-0.1, -0.05) is 171 Å². The zero-order valence-corrected chi connectivity index (χ0v) is 22.7. The van der Waals surface area contributed by atoms with Crippen molar-refractivity contribution in [1.82, 2.24) is 0 Å². The fraction of sp³-hybridized carbons (Fsp3) is 0.0625. The molecule has 172 valence electrons. The van der Waals surface area contributed by atoms with Crippen LogP contribution in [0.25, 0.3) is 0 Å². The Morgan fingerprint density at radius 3 is 1.26 bits per heavy atom. The molecule has 0 heterocycles. The molecule has 0 aliphatic heterocycles. The van der Waals surface area contributed by atoms with Crippen LogP contribution in [0.3, 0.4) is 0 Å². The molecular weight excluding hydrogens is 474 g/mol. The molecule has 1 unspecified atom stereocenters. The third kappa shape index (κ3) is 5.71. The van der Waals surface area contributed by atoms with Gasteiger partial charge < -0.3 is 0 Å². The number of rotatable bonds is 9. The minimum Gasteiger partial charge on any atom is -0.0925 e. The quantitative estimate of drug-likeness (QED) is 0.185. The van der Waals surface area contributed by atoms with Crippen LogP contribution in [0.4, 0.5) is 0 Å². The van der Waals surface area contributed by atoms with Crippen LogP contribution in [-0.2, 0) is 0 Å². The van der Waals surface area contributed by atoms with E-state index in [0.29, 0.717) is 0 Å². The summed E-state index contributed by atoms with van der Waals surface area (Å²) in [6.45, 7) is 0. The Morgan fingerprint density at radius 1 is 0.457 bits per heavy atom. The van der Waals surface area contributed by atoms with Crippen molar-refractivity contribution >= 4 is 50.9 Å². The largest absolute Gasteiger partial charge is 0.127 e. The molecule has 5 aromatic rings. The topological polar surface area (TPSA) is 0 Å². The monoisotopic (exact) mass is 504 g/mol. The van der Waals surface area contributed by atoms with Gasteiger partial charge in [0.15, 0.2) is 0 Å². The highest BCUT2D eigenvalue weighted by molar-refractivity contribution is 7.76. The van der Waals surface area contributed by atoms with Gasteiger partial charge in [0.1, 0.15) is 8.07 Å². The molecule has 0 saturated heterocycles. The highest BCUT2D eigenvalue weighted by atomic mass is 31.1. The number of benzene rings is 5. The zero-order chi connectivity index (χ0) is 23.8. The van der Waals surface area contributed by atoms with Gasteiger partial charge >= 0.3 is 0 Å². The van der Waals surface area contributed by atoms with Crippen LogP contribution in [-0.4, -0.2) is 19.6 Å². The van der Waals surface area contributed by atoms with Gasteiger partial charge in [-0.2, -0.15) is 0 Å². The molecule has 5 aromatic carbocycles. The van der Waals surface area contributed by atoms with Crippen LogP contribution in [0, 0.1) is 0 Å². The smallest absolute Gasteiger partial charge is 0.0925 e. The van der Waals surface area contributed by atoms with E-state index in [0.717, 1.165) is 8.58 Å². The van der Waals surface area contributed by atoms with E-state index < -0.39 is 16.0 Å². The van der Waals surface area contributed by atoms with Crippen molar-refractivity contribution in [3.63, 3.8) is 0 Å². The Morgan fingerprint density at radius 2 is 0.829 bits per heavy atom. The first-order valence-corrected chi connectivity index (χ1v) is 17.3. The molecule has 1 atom stereocenters. The van der Waals surface area contributed by atoms with E-state index in [9.17, 15) is 0 Å². The zero-order valence-electron chi connectivity index (χ0n) is 19.8. The third-order valence-electron chi connectivity index (χ3n) is 6.58. The predicted molar refractivity (Wildman–Crippen MR) is 161 cm³/mol. The summed E-state index contributed by atoms with van der Waals surface area (Å²) in [5.41, 5.74) is 0. The second kappa shape index (κ2) is 11.7. The maximum atomic E-state index is 2.40. The lowest BCUT2D eigenvalue weighted by atomic mass is 10.4. The second-order valence-electron chi connectivity index (χ2n) is 8.79. The van der Waals surface area contributed by atoms with E-state index in [4.69, 9.17) is 0 Å². The van der Waals surface area contributed by atoms with Crippen molar-refractivity contribution in [3.8, 4) is 0 Å². The van der Waals surface area contributed by atoms with Crippen molar-refractivity contribution in [2.45, 2.75) is 0 Å². The van der Waals surface area contributed by atoms with Gasteiger partial charge in [-0.05, 0) is 35.4 Å². The standard InChI is InChI=1S/C32H30P2Si/c1-6-16-28(17-7-1)33-26-35(31-22-12-4-13-23-31,32-24-14-5-15-25-32)27-34(29-18-8-2-9-19-29)30-20-10-3-11-21-30/h1-25,33H,26-27H2. The van der Waals surface area contributed by atoms with Crippen LogP contribution < -0.4 is 26.3 Å². The van der Waals surface area contributed by atoms with Gasteiger partial charge in [0.05, 0.1) is 0 Å². The Kier molecular flexibility index (Phi) is 8.02. The van der Waals surface area contributed by atoms with Crippen molar-refractivity contribution in [3.05, 3.63) is 152 Å². The van der Waals surface area contributed by atoms with Crippen molar-refractivity contribution in [2.24, 2.45) is 0 Å². The van der Waals surface area contributed by atoms with E-state index in [1.807, 2.05) is 0 Å². The first kappa shape index (κ1) is 23.9. The maximum absolute atomic E-state index is 2.40. The first-order chi connectivity index (χ1) is 17.4.